The van der Waals surface area contributed by atoms with Gasteiger partial charge in [0.25, 0.3) is 0 Å². The third-order valence-electron chi connectivity index (χ3n) is 2.86. The predicted octanol–water partition coefficient (Wildman–Crippen LogP) is 4.09. The lowest BCUT2D eigenvalue weighted by Gasteiger charge is -2.11. The van der Waals surface area contributed by atoms with Crippen molar-refractivity contribution in [3.63, 3.8) is 0 Å². The first-order chi connectivity index (χ1) is 9.67. The molecule has 0 aliphatic rings. The summed E-state index contributed by atoms with van der Waals surface area (Å²) in [6, 6.07) is 16.1. The number of anilines is 1. The van der Waals surface area contributed by atoms with E-state index < -0.39 is 0 Å². The Bertz CT molecular complexity index is 535. The molecule has 3 nitrogen and oxygen atoms in total. The summed E-state index contributed by atoms with van der Waals surface area (Å²) in [5.41, 5.74) is 2.26. The maximum Gasteiger partial charge on any atom is 0.120 e. The van der Waals surface area contributed by atoms with Gasteiger partial charge < -0.3 is 14.8 Å². The maximum absolute atomic E-state index is 5.63. The Hall–Kier alpha value is -2.16. The molecule has 0 spiro atoms. The molecule has 0 aromatic heterocycles. The molecule has 0 atom stereocenters. The van der Waals surface area contributed by atoms with E-state index in [1.165, 1.54) is 5.56 Å². The second-order valence-electron chi connectivity index (χ2n) is 4.90. The van der Waals surface area contributed by atoms with Gasteiger partial charge in [-0.1, -0.05) is 18.2 Å². The molecule has 0 aliphatic carbocycles. The normalized spacial score (nSPS) is 10.4. The maximum atomic E-state index is 5.63. The van der Waals surface area contributed by atoms with E-state index in [-0.39, 0.29) is 6.10 Å². The van der Waals surface area contributed by atoms with Crippen molar-refractivity contribution in [2.45, 2.75) is 26.5 Å². The summed E-state index contributed by atoms with van der Waals surface area (Å²) in [6.45, 7) is 4.83. The molecule has 0 radical (unpaired) electrons. The topological polar surface area (TPSA) is 30.5 Å². The van der Waals surface area contributed by atoms with Crippen LogP contribution in [0.15, 0.2) is 48.5 Å². The Kier molecular flexibility index (Phi) is 4.88. The first-order valence-corrected chi connectivity index (χ1v) is 6.81. The van der Waals surface area contributed by atoms with Crippen molar-refractivity contribution in [1.29, 1.82) is 0 Å². The van der Waals surface area contributed by atoms with Gasteiger partial charge in [-0.2, -0.15) is 0 Å². The predicted molar refractivity (Wildman–Crippen MR) is 82.5 cm³/mol. The molecule has 1 N–H and O–H groups in total. The fraction of sp³-hybridized carbons (Fsp3) is 0.294. The molecule has 0 saturated carbocycles. The van der Waals surface area contributed by atoms with Crippen LogP contribution < -0.4 is 14.8 Å². The van der Waals surface area contributed by atoms with Gasteiger partial charge in [0.1, 0.15) is 11.5 Å². The molecule has 2 aromatic carbocycles. The van der Waals surface area contributed by atoms with Crippen LogP contribution in [0.3, 0.4) is 0 Å². The zero-order chi connectivity index (χ0) is 14.4. The van der Waals surface area contributed by atoms with Crippen molar-refractivity contribution in [2.24, 2.45) is 0 Å². The van der Waals surface area contributed by atoms with Crippen LogP contribution in [0, 0.1) is 0 Å². The second-order valence-corrected chi connectivity index (χ2v) is 4.90. The van der Waals surface area contributed by atoms with Gasteiger partial charge in [-0.15, -0.1) is 0 Å². The fourth-order valence-corrected chi connectivity index (χ4v) is 1.90. The first-order valence-electron chi connectivity index (χ1n) is 6.81. The fourth-order valence-electron chi connectivity index (χ4n) is 1.90. The smallest absolute Gasteiger partial charge is 0.120 e. The Morgan fingerprint density at radius 1 is 1.00 bits per heavy atom. The van der Waals surface area contributed by atoms with Crippen LogP contribution in [-0.2, 0) is 6.54 Å². The van der Waals surface area contributed by atoms with E-state index in [0.717, 1.165) is 23.7 Å². The Balaban J connectivity index is 1.93. The van der Waals surface area contributed by atoms with Crippen LogP contribution in [0.4, 0.5) is 5.69 Å². The summed E-state index contributed by atoms with van der Waals surface area (Å²) in [6.07, 6.45) is 0.204. The average Bonchev–Trinajstić information content (AvgIpc) is 2.46. The van der Waals surface area contributed by atoms with E-state index in [1.807, 2.05) is 50.2 Å². The molecule has 2 aromatic rings. The zero-order valence-corrected chi connectivity index (χ0v) is 12.2. The molecule has 106 valence electrons. The lowest BCUT2D eigenvalue weighted by Crippen LogP contribution is -2.05. The number of ether oxygens (including phenoxy) is 2. The third kappa shape index (κ3) is 4.19. The first kappa shape index (κ1) is 14.3. The minimum absolute atomic E-state index is 0.204. The van der Waals surface area contributed by atoms with E-state index in [1.54, 1.807) is 7.11 Å². The summed E-state index contributed by atoms with van der Waals surface area (Å²) in [7, 11) is 1.67. The van der Waals surface area contributed by atoms with Crippen LogP contribution in [0.2, 0.25) is 0 Å². The lowest BCUT2D eigenvalue weighted by atomic mass is 10.2. The minimum Gasteiger partial charge on any atom is -0.497 e. The van der Waals surface area contributed by atoms with Gasteiger partial charge in [0.2, 0.25) is 0 Å². The number of hydrogen-bond donors (Lipinski definition) is 1. The molecular weight excluding hydrogens is 250 g/mol. The van der Waals surface area contributed by atoms with E-state index in [4.69, 9.17) is 9.47 Å². The SMILES string of the molecule is COc1cccc(NCc2ccc(OC(C)C)cc2)c1. The van der Waals surface area contributed by atoms with Crippen LogP contribution in [0.5, 0.6) is 11.5 Å². The molecule has 0 bridgehead atoms. The Morgan fingerprint density at radius 2 is 1.75 bits per heavy atom. The van der Waals surface area contributed by atoms with E-state index in [2.05, 4.69) is 17.4 Å². The average molecular weight is 271 g/mol. The van der Waals surface area contributed by atoms with Gasteiger partial charge in [-0.25, -0.2) is 0 Å². The lowest BCUT2D eigenvalue weighted by molar-refractivity contribution is 0.242. The van der Waals surface area contributed by atoms with Gasteiger partial charge in [0, 0.05) is 18.3 Å². The van der Waals surface area contributed by atoms with Crippen LogP contribution in [0.1, 0.15) is 19.4 Å². The number of benzene rings is 2. The summed E-state index contributed by atoms with van der Waals surface area (Å²) in [4.78, 5) is 0. The number of nitrogens with one attached hydrogen (secondary N) is 1. The Labute approximate surface area is 120 Å². The zero-order valence-electron chi connectivity index (χ0n) is 12.2. The highest BCUT2D eigenvalue weighted by Gasteiger charge is 1.99. The van der Waals surface area contributed by atoms with Gasteiger partial charge in [0.15, 0.2) is 0 Å². The summed E-state index contributed by atoms with van der Waals surface area (Å²) in [5, 5.41) is 3.38. The highest BCUT2D eigenvalue weighted by atomic mass is 16.5. The monoisotopic (exact) mass is 271 g/mol. The van der Waals surface area contributed by atoms with Crippen LogP contribution in [0.25, 0.3) is 0 Å². The van der Waals surface area contributed by atoms with E-state index in [9.17, 15) is 0 Å². The molecule has 0 unspecified atom stereocenters. The van der Waals surface area contributed by atoms with Gasteiger partial charge >= 0.3 is 0 Å². The molecule has 3 heteroatoms. The van der Waals surface area contributed by atoms with Crippen molar-refractivity contribution in [3.05, 3.63) is 54.1 Å². The van der Waals surface area contributed by atoms with Crippen molar-refractivity contribution in [3.8, 4) is 11.5 Å². The quantitative estimate of drug-likeness (QED) is 0.858. The van der Waals surface area contributed by atoms with Crippen molar-refractivity contribution >= 4 is 5.69 Å². The second kappa shape index (κ2) is 6.85. The molecule has 20 heavy (non-hydrogen) atoms. The Morgan fingerprint density at radius 3 is 2.40 bits per heavy atom. The molecule has 0 amide bonds. The molecule has 0 saturated heterocycles. The summed E-state index contributed by atoms with van der Waals surface area (Å²) < 4.78 is 10.8. The van der Waals surface area contributed by atoms with E-state index >= 15 is 0 Å². The van der Waals surface area contributed by atoms with Gasteiger partial charge in [-0.3, -0.25) is 0 Å². The van der Waals surface area contributed by atoms with E-state index in [0.29, 0.717) is 0 Å². The number of methoxy groups -OCH3 is 1. The standard InChI is InChI=1S/C17H21NO2/c1-13(2)20-16-9-7-14(8-10-16)12-18-15-5-4-6-17(11-15)19-3/h4-11,13,18H,12H2,1-3H3. The molecule has 0 fully saturated rings. The highest BCUT2D eigenvalue weighted by Crippen LogP contribution is 2.18. The van der Waals surface area contributed by atoms with Gasteiger partial charge in [0.05, 0.1) is 13.2 Å². The molecule has 0 heterocycles. The molecule has 0 aliphatic heterocycles. The largest absolute Gasteiger partial charge is 0.497 e. The minimum atomic E-state index is 0.204. The molecule has 2 rings (SSSR count). The van der Waals surface area contributed by atoms with Crippen LogP contribution >= 0.6 is 0 Å². The highest BCUT2D eigenvalue weighted by molar-refractivity contribution is 5.48. The van der Waals surface area contributed by atoms with Crippen molar-refractivity contribution < 1.29 is 9.47 Å². The van der Waals surface area contributed by atoms with Crippen molar-refractivity contribution in [2.75, 3.05) is 12.4 Å². The summed E-state index contributed by atoms with van der Waals surface area (Å²) in [5.74, 6) is 1.76. The summed E-state index contributed by atoms with van der Waals surface area (Å²) >= 11 is 0. The number of hydrogen-bond acceptors (Lipinski definition) is 3. The van der Waals surface area contributed by atoms with Crippen molar-refractivity contribution in [1.82, 2.24) is 0 Å². The molecular formula is C17H21NO2. The third-order valence-corrected chi connectivity index (χ3v) is 2.86. The van der Waals surface area contributed by atoms with Crippen LogP contribution in [-0.4, -0.2) is 13.2 Å². The number of rotatable bonds is 6. The van der Waals surface area contributed by atoms with Gasteiger partial charge in [-0.05, 0) is 43.7 Å².